The maximum Gasteiger partial charge on any atom is 0.124 e. The molecule has 0 aliphatic carbocycles. The number of anilines is 10. The monoisotopic (exact) mass is 1420 g/mol. The predicted octanol–water partition coefficient (Wildman–Crippen LogP) is 16.0. The molecular weight excluding hydrogens is 1360 g/mol. The van der Waals surface area contributed by atoms with Crippen molar-refractivity contribution in [2.45, 2.75) is 86.0 Å². The number of unbranched alkanes of at least 4 members (excludes halogenated alkanes) is 1. The van der Waals surface area contributed by atoms with Gasteiger partial charge in [0.1, 0.15) is 11.6 Å². The summed E-state index contributed by atoms with van der Waals surface area (Å²) >= 11 is 0. The van der Waals surface area contributed by atoms with Gasteiger partial charge >= 0.3 is 0 Å². The van der Waals surface area contributed by atoms with Gasteiger partial charge in [0.25, 0.3) is 0 Å². The summed E-state index contributed by atoms with van der Waals surface area (Å²) < 4.78 is 6.14. The van der Waals surface area contributed by atoms with Gasteiger partial charge in [0.05, 0.1) is 0 Å². The van der Waals surface area contributed by atoms with Gasteiger partial charge in [-0.25, -0.2) is 16.0 Å². The molecule has 4 aromatic heterocycles. The Kier molecular flexibility index (Phi) is 17.8. The van der Waals surface area contributed by atoms with Crippen LogP contribution < -0.4 is 34.1 Å². The first kappa shape index (κ1) is 58.3. The molecule has 3 aliphatic heterocycles. The maximum atomic E-state index is 6.14. The molecule has 11 nitrogen and oxygen atoms in total. The van der Waals surface area contributed by atoms with Gasteiger partial charge in [-0.2, -0.15) is 79.1 Å². The summed E-state index contributed by atoms with van der Waals surface area (Å²) in [7, 11) is 0. The van der Waals surface area contributed by atoms with Crippen LogP contribution in [0, 0.1) is 71.1 Å². The van der Waals surface area contributed by atoms with E-state index in [1.54, 1.807) is 24.5 Å². The number of ether oxygens (including phenoxy) is 1. The molecule has 0 fully saturated rings. The number of hydrogen-bond donors (Lipinski definition) is 0. The zero-order chi connectivity index (χ0) is 54.8. The molecule has 0 bridgehead atoms. The molecular formula is C68H64IrN10OPt-8. The number of aromatic nitrogens is 4. The summed E-state index contributed by atoms with van der Waals surface area (Å²) in [6, 6.07) is 62.0. The zero-order valence-electron chi connectivity index (χ0n) is 47.1. The number of fused-ring (bicyclic) bond motifs is 3. The van der Waals surface area contributed by atoms with Crippen molar-refractivity contribution in [3.8, 4) is 22.9 Å². The van der Waals surface area contributed by atoms with Gasteiger partial charge in [-0.05, 0) is 107 Å². The SMILES string of the molecule is CC(C)(C)c1c[c-]c(N2[CH-]N(CCCCN3[CH-]N(c4[c-]cc(C(C)(C)C)cc4)c4ncccc43)c3cccnc32)cc1.Cc1cc(C)c(N2[CH-]N(c3[c-]c(Oc4[c-]c(-c5[c-]cccn5)ncc4)ccc3)c3ccccc32)c(C)c1.[Ir].[Pt]. The van der Waals surface area contributed by atoms with Crippen LogP contribution in [0.25, 0.3) is 11.4 Å². The fourth-order valence-electron chi connectivity index (χ4n) is 10.2. The number of hydrogen-bond acceptors (Lipinski definition) is 11. The third-order valence-corrected chi connectivity index (χ3v) is 14.3. The van der Waals surface area contributed by atoms with Crippen LogP contribution in [-0.2, 0) is 52.0 Å². The molecule has 13 heteroatoms. The smallest absolute Gasteiger partial charge is 0.124 e. The molecule has 9 aromatic rings. The molecule has 3 aliphatic rings. The molecule has 5 aromatic carbocycles. The van der Waals surface area contributed by atoms with Crippen molar-refractivity contribution in [3.63, 3.8) is 0 Å². The van der Waals surface area contributed by atoms with Crippen LogP contribution in [0.5, 0.6) is 11.5 Å². The quantitative estimate of drug-likeness (QED) is 0.0867. The number of para-hydroxylation sites is 2. The molecule has 81 heavy (non-hydrogen) atoms. The van der Waals surface area contributed by atoms with E-state index in [1.807, 2.05) is 48.8 Å². The van der Waals surface area contributed by atoms with E-state index >= 15 is 0 Å². The Morgan fingerprint density at radius 3 is 1.54 bits per heavy atom. The Hall–Kier alpha value is -7.36. The van der Waals surface area contributed by atoms with Crippen molar-refractivity contribution < 1.29 is 45.9 Å². The van der Waals surface area contributed by atoms with Crippen molar-refractivity contribution in [3.05, 3.63) is 236 Å². The molecule has 0 atom stereocenters. The number of nitrogens with zero attached hydrogens (tertiary/aromatic N) is 10. The van der Waals surface area contributed by atoms with Gasteiger partial charge in [0.2, 0.25) is 0 Å². The summed E-state index contributed by atoms with van der Waals surface area (Å²) in [6.45, 7) is 28.1. The number of benzene rings is 5. The van der Waals surface area contributed by atoms with Crippen LogP contribution in [0.1, 0.15) is 82.2 Å². The second kappa shape index (κ2) is 24.8. The van der Waals surface area contributed by atoms with E-state index in [2.05, 4.69) is 237 Å². The van der Waals surface area contributed by atoms with E-state index in [0.29, 0.717) is 22.9 Å². The Balaban J connectivity index is 0.000000192. The van der Waals surface area contributed by atoms with Crippen LogP contribution in [-0.4, -0.2) is 33.0 Å². The van der Waals surface area contributed by atoms with Crippen LogP contribution in [0.2, 0.25) is 0 Å². The molecule has 0 N–H and O–H groups in total. The van der Waals surface area contributed by atoms with Gasteiger partial charge < -0.3 is 44.1 Å². The minimum absolute atomic E-state index is 0. The van der Waals surface area contributed by atoms with E-state index in [1.165, 1.54) is 33.5 Å². The van der Waals surface area contributed by atoms with E-state index in [0.717, 1.165) is 77.4 Å². The van der Waals surface area contributed by atoms with Gasteiger partial charge in [0.15, 0.2) is 0 Å². The topological polar surface area (TPSA) is 80.2 Å². The first-order valence-electron chi connectivity index (χ1n) is 26.9. The van der Waals surface area contributed by atoms with Gasteiger partial charge in [0, 0.05) is 93.5 Å². The Morgan fingerprint density at radius 2 is 1.01 bits per heavy atom. The number of aryl methyl sites for hydroxylation is 3. The molecule has 0 spiro atoms. The van der Waals surface area contributed by atoms with Crippen LogP contribution in [0.4, 0.5) is 57.1 Å². The second-order valence-corrected chi connectivity index (χ2v) is 22.2. The molecule has 0 unspecified atom stereocenters. The van der Waals surface area contributed by atoms with Crippen LogP contribution in [0.15, 0.2) is 158 Å². The first-order chi connectivity index (χ1) is 38.2. The van der Waals surface area contributed by atoms with E-state index in [9.17, 15) is 0 Å². The van der Waals surface area contributed by atoms with Crippen molar-refractivity contribution >= 4 is 57.1 Å². The largest absolute Gasteiger partial charge is 0.510 e. The van der Waals surface area contributed by atoms with Crippen molar-refractivity contribution in [2.24, 2.45) is 0 Å². The standard InChI is InChI=1S/C36H40N6.C32H24N4O.Ir.Pt/c1-35(2,3)27-13-17-29(18-14-27)41-25-39(31-11-9-21-37-33(31)41)23-7-8-24-40-26-42(34-32(40)12-10-22-38-34)30-19-15-28(16-20-30)36(4,5)6;1-22-17-23(2)32(24(3)18-22)36-21-35(30-12-4-5-13-31(30)36)25-9-8-10-26(19-25)37-27-14-16-34-29(20-27)28-11-6-7-15-33-28;;/h9-17,19,21-22,25-26H,7-8,23-24H2,1-6H3;4-10,12-18,21H,1-3H3;;/q2*-4;;. The first-order valence-corrected chi connectivity index (χ1v) is 26.9. The number of rotatable bonds is 12. The minimum Gasteiger partial charge on any atom is -0.510 e. The molecule has 7 heterocycles. The van der Waals surface area contributed by atoms with Crippen molar-refractivity contribution in [2.75, 3.05) is 42.5 Å². The Morgan fingerprint density at radius 1 is 0.481 bits per heavy atom. The van der Waals surface area contributed by atoms with E-state index in [4.69, 9.17) is 14.7 Å². The predicted molar refractivity (Wildman–Crippen MR) is 319 cm³/mol. The second-order valence-electron chi connectivity index (χ2n) is 22.2. The summed E-state index contributed by atoms with van der Waals surface area (Å²) in [5, 5.41) is 0. The summed E-state index contributed by atoms with van der Waals surface area (Å²) in [6.07, 6.45) is 9.19. The van der Waals surface area contributed by atoms with Gasteiger partial charge in [-0.1, -0.05) is 82.2 Å². The third kappa shape index (κ3) is 12.7. The Bertz CT molecular complexity index is 3450. The third-order valence-electron chi connectivity index (χ3n) is 14.3. The van der Waals surface area contributed by atoms with Crippen molar-refractivity contribution in [1.82, 2.24) is 19.9 Å². The van der Waals surface area contributed by atoms with Crippen molar-refractivity contribution in [1.29, 1.82) is 0 Å². The average Bonchev–Trinajstić information content (AvgIpc) is 4.24. The summed E-state index contributed by atoms with van der Waals surface area (Å²) in [4.78, 5) is 31.4. The molecule has 0 saturated heterocycles. The van der Waals surface area contributed by atoms with E-state index < -0.39 is 0 Å². The molecule has 1 radical (unpaired) electrons. The molecule has 0 amide bonds. The molecule has 419 valence electrons. The average molecular weight is 1420 g/mol. The summed E-state index contributed by atoms with van der Waals surface area (Å²) in [5.74, 6) is 3.03. The minimum atomic E-state index is 0. The molecule has 12 rings (SSSR count). The van der Waals surface area contributed by atoms with Crippen LogP contribution >= 0.6 is 0 Å². The van der Waals surface area contributed by atoms with Gasteiger partial charge in [-0.3, -0.25) is 0 Å². The summed E-state index contributed by atoms with van der Waals surface area (Å²) in [5.41, 5.74) is 16.2. The normalized spacial score (nSPS) is 13.4. The Labute approximate surface area is 507 Å². The van der Waals surface area contributed by atoms with Gasteiger partial charge in [-0.15, -0.1) is 77.6 Å². The van der Waals surface area contributed by atoms with E-state index in [-0.39, 0.29) is 52.0 Å². The van der Waals surface area contributed by atoms with Crippen LogP contribution in [0.3, 0.4) is 0 Å². The molecule has 0 saturated carbocycles. The zero-order valence-corrected chi connectivity index (χ0v) is 51.8. The fraction of sp³-hybridized carbons (Fsp3) is 0.221. The fourth-order valence-corrected chi connectivity index (χ4v) is 10.2. The number of pyridine rings is 4. The maximum absolute atomic E-state index is 6.14.